The van der Waals surface area contributed by atoms with Crippen molar-refractivity contribution >= 4 is 87.8 Å². The Morgan fingerprint density at radius 1 is 0.343 bits per heavy atom. The maximum Gasteiger partial charge on any atom is 0.358 e. The molecule has 7 aromatic carbocycles. The normalized spacial score (nSPS) is 19.2. The van der Waals surface area contributed by atoms with Crippen molar-refractivity contribution < 1.29 is 201 Å². The van der Waals surface area contributed by atoms with E-state index in [-0.39, 0.29) is 15.2 Å². The first-order valence-corrected chi connectivity index (χ1v) is 43.8. The first-order chi connectivity index (χ1) is 44.1. The lowest BCUT2D eigenvalue weighted by molar-refractivity contribution is -0.596. The van der Waals surface area contributed by atoms with Crippen LogP contribution >= 0.6 is 81.8 Å². The molecule has 1 N–H and O–H groups in total. The topological polar surface area (TPSA) is 78.8 Å². The van der Waals surface area contributed by atoms with E-state index < -0.39 is 303 Å². The van der Waals surface area contributed by atoms with Crippen molar-refractivity contribution in [2.45, 2.75) is 91.5 Å². The van der Waals surface area contributed by atoms with Crippen LogP contribution in [0, 0.1) is 7.14 Å². The molecule has 0 saturated carbocycles. The smallest absolute Gasteiger partial charge is 0.358 e. The molecule has 0 amide bonds. The second kappa shape index (κ2) is 18.8. The first kappa shape index (κ1) is 86.4. The Balaban J connectivity index is 2.09. The summed E-state index contributed by atoms with van der Waals surface area (Å²) in [4.78, 5) is -23.6. The number of halogens is 41. The van der Waals surface area contributed by atoms with E-state index in [9.17, 15) is 132 Å². The molecular formula is C51H37F40IO5S8. The summed E-state index contributed by atoms with van der Waals surface area (Å²) in [6.07, 6.45) is 0. The molecule has 606 valence electrons. The van der Waals surface area contributed by atoms with Crippen LogP contribution in [0.1, 0.15) is 63.0 Å². The SMILES string of the molecule is CC(C)(C)c1ccc([I+]c2ccc(C(C)(C)C)cc2-c2c(-c3c(Oc4cc(S(F)(F)(F)(F)F)cc(S(F)(F)(F)(F)F)c4)c(Oc4cc(S(F)(F)(F)(F)F)cc(S(F)(F)(F)(F)F)c4)c(O)c(-c4cc(S(F)(F)(F)(F)F)cc(S(F)(F)(F)(F)F)c4)c3C(=O)[O-])cc(S(F)(F)(F)(F)F)cc2S(F)(F)(F)(F)F)cc1. The monoisotopic (exact) mass is 1870 g/mol. The highest BCUT2D eigenvalue weighted by molar-refractivity contribution is 8.48. The summed E-state index contributed by atoms with van der Waals surface area (Å²) in [6.45, 7) is 7.15. The zero-order valence-electron chi connectivity index (χ0n) is 50.7. The number of benzene rings is 7. The Labute approximate surface area is 572 Å². The highest BCUT2D eigenvalue weighted by Gasteiger charge is 2.75. The highest BCUT2D eigenvalue weighted by atomic mass is 127. The summed E-state index contributed by atoms with van der Waals surface area (Å²) in [5.41, 5.74) is -28.3. The van der Waals surface area contributed by atoms with Crippen LogP contribution in [-0.2, 0) is 10.8 Å². The minimum absolute atomic E-state index is 0.0486. The Morgan fingerprint density at radius 3 is 0.952 bits per heavy atom. The molecule has 0 fully saturated rings. The van der Waals surface area contributed by atoms with Crippen LogP contribution in [0.4, 0.5) is 155 Å². The van der Waals surface area contributed by atoms with Crippen molar-refractivity contribution in [3.8, 4) is 62.1 Å². The molecule has 0 aliphatic heterocycles. The number of rotatable bonds is 18. The quantitative estimate of drug-likeness (QED) is 0.0684. The number of aromatic carboxylic acids is 1. The Morgan fingerprint density at radius 2 is 0.648 bits per heavy atom. The lowest BCUT2D eigenvalue weighted by Gasteiger charge is -2.45. The maximum absolute atomic E-state index is 16.4. The second-order valence-corrected chi connectivity index (χ2v) is 47.2. The first-order valence-electron chi connectivity index (χ1n) is 26.0. The molecule has 7 rings (SSSR count). The third-order valence-electron chi connectivity index (χ3n) is 13.8. The van der Waals surface area contributed by atoms with Crippen LogP contribution in [0.25, 0.3) is 33.4 Å². The van der Waals surface area contributed by atoms with Gasteiger partial charge in [-0.3, -0.25) is 0 Å². The average Bonchev–Trinajstić information content (AvgIpc) is 0.679. The predicted molar refractivity (Wildman–Crippen MR) is 314 cm³/mol. The number of carbonyl (C=O) groups excluding carboxylic acids is 1. The Kier molecular flexibility index (Phi) is 15.4. The van der Waals surface area contributed by atoms with E-state index in [1.807, 2.05) is 0 Å². The molecule has 54 heteroatoms. The second-order valence-electron chi connectivity index (χ2n) is 25.0. The van der Waals surface area contributed by atoms with Crippen molar-refractivity contribution in [1.82, 2.24) is 0 Å². The molecule has 0 spiro atoms. The predicted octanol–water partition coefficient (Wildman–Crippen LogP) is 30.3. The molecular weight excluding hydrogens is 1840 g/mol. The van der Waals surface area contributed by atoms with Crippen LogP contribution < -0.4 is 35.8 Å². The molecule has 7 aromatic rings. The number of carboxylic acids is 1. The zero-order chi connectivity index (χ0) is 82.5. The van der Waals surface area contributed by atoms with Gasteiger partial charge in [-0.25, -0.2) is 0 Å². The molecule has 0 unspecified atom stereocenters. The summed E-state index contributed by atoms with van der Waals surface area (Å²) < 4.78 is 611. The average molecular weight is 1870 g/mol. The number of phenols is 1. The van der Waals surface area contributed by atoms with Crippen molar-refractivity contribution in [3.05, 3.63) is 133 Å². The van der Waals surface area contributed by atoms with Gasteiger partial charge in [0.25, 0.3) is 0 Å². The number of aromatic hydroxyl groups is 1. The summed E-state index contributed by atoms with van der Waals surface area (Å²) in [7, 11) is -102. The fourth-order valence-corrected chi connectivity index (χ4v) is 17.7. The molecule has 0 atom stereocenters. The van der Waals surface area contributed by atoms with Gasteiger partial charge in [0.2, 0.25) is 9.32 Å². The van der Waals surface area contributed by atoms with E-state index in [2.05, 4.69) is 9.47 Å². The summed E-state index contributed by atoms with van der Waals surface area (Å²) >= 11 is -2.92. The molecule has 0 saturated heterocycles. The van der Waals surface area contributed by atoms with Gasteiger partial charge < -0.3 is 24.5 Å². The largest absolute Gasteiger partial charge is 0.545 e. The highest BCUT2D eigenvalue weighted by Crippen LogP contribution is 3.10. The molecule has 105 heavy (non-hydrogen) atoms. The van der Waals surface area contributed by atoms with Crippen LogP contribution in [0.2, 0.25) is 0 Å². The van der Waals surface area contributed by atoms with Gasteiger partial charge in [0, 0.05) is 52.1 Å². The summed E-state index contributed by atoms with van der Waals surface area (Å²) in [6, 6.07) is -18.6. The minimum atomic E-state index is -13.1. The Bertz CT molecular complexity index is 4880. The summed E-state index contributed by atoms with van der Waals surface area (Å²) in [5.74, 6) is -23.8. The van der Waals surface area contributed by atoms with Gasteiger partial charge in [-0.15, -0.1) is 0 Å². The third kappa shape index (κ3) is 20.0. The van der Waals surface area contributed by atoms with E-state index in [0.29, 0.717) is 12.1 Å². The Hall–Kier alpha value is -5.86. The van der Waals surface area contributed by atoms with E-state index in [0.717, 1.165) is 45.0 Å². The van der Waals surface area contributed by atoms with Crippen molar-refractivity contribution in [1.29, 1.82) is 0 Å². The van der Waals surface area contributed by atoms with E-state index >= 15 is 38.9 Å². The van der Waals surface area contributed by atoms with Gasteiger partial charge in [0.1, 0.15) is 50.7 Å². The van der Waals surface area contributed by atoms with Crippen molar-refractivity contribution in [3.63, 3.8) is 0 Å². The van der Waals surface area contributed by atoms with Gasteiger partial charge in [0.15, 0.2) is 15.1 Å². The summed E-state index contributed by atoms with van der Waals surface area (Å²) in [5, 5.41) is 26.0. The van der Waals surface area contributed by atoms with Gasteiger partial charge >= 0.3 is 103 Å². The van der Waals surface area contributed by atoms with Crippen LogP contribution in [0.3, 0.4) is 0 Å². The zero-order valence-corrected chi connectivity index (χ0v) is 59.4. The van der Waals surface area contributed by atoms with Crippen molar-refractivity contribution in [2.24, 2.45) is 0 Å². The number of carbonyl (C=O) groups is 1. The maximum atomic E-state index is 16.4. The van der Waals surface area contributed by atoms with E-state index in [1.165, 1.54) is 20.8 Å². The van der Waals surface area contributed by atoms with Gasteiger partial charge in [-0.2, -0.15) is 0 Å². The standard InChI is InChI=1S/C51H37F40IO5S8/c1-50(2,3)26-7-10-28(11-8-26)92-40-12-9-27(51(4,5)6)15-38(40)43-39(23-37(104(82,83,84,85)86)24-41(43)105(87,88,89,90)91)44-45(49(94)95)42(25-13-31(98(52,53,54,55)56)20-32(14-25)99(57,58,59,60)61)46(93)48(97-30-18-35(102(72,73,74,75)76)22-36(19-30)103(77,78,79,80)81)47(44)96-29-16-33(100(62,63,64,65)66)21-34(17-29)101(67,68,69,70)71/h7-24H,1-6H3,(H-,93,94,95). The number of hydrogen-bond acceptors (Lipinski definition) is 5. The van der Waals surface area contributed by atoms with Crippen LogP contribution in [0.15, 0.2) is 148 Å². The number of ether oxygens (including phenoxy) is 2. The van der Waals surface area contributed by atoms with E-state index in [1.54, 1.807) is 0 Å². The molecule has 0 aromatic heterocycles. The van der Waals surface area contributed by atoms with Gasteiger partial charge in [0.05, 0.1) is 5.97 Å². The lowest BCUT2D eigenvalue weighted by Crippen LogP contribution is -3.61. The van der Waals surface area contributed by atoms with Crippen LogP contribution in [0.5, 0.6) is 28.7 Å². The molecule has 0 aliphatic carbocycles. The molecule has 0 heterocycles. The lowest BCUT2D eigenvalue weighted by atomic mass is 9.83. The molecule has 0 aliphatic rings. The fourth-order valence-electron chi connectivity index (χ4n) is 9.11. The molecule has 5 nitrogen and oxygen atoms in total. The van der Waals surface area contributed by atoms with E-state index in [4.69, 9.17) is 0 Å². The molecule has 0 bridgehead atoms. The minimum Gasteiger partial charge on any atom is -0.545 e. The van der Waals surface area contributed by atoms with Gasteiger partial charge in [-0.05, 0) is 99.8 Å². The number of carboxylic acid groups (broad SMARTS) is 1. The number of phenolic OH excluding ortho intramolecular Hbond substituents is 1. The number of hydrogen-bond donors (Lipinski definition) is 1. The fraction of sp³-hybridized carbons (Fsp3) is 0.157. The molecule has 0 radical (unpaired) electrons. The third-order valence-corrected chi connectivity index (χ3v) is 25.7. The van der Waals surface area contributed by atoms with Crippen LogP contribution in [-0.4, -0.2) is 11.1 Å². The van der Waals surface area contributed by atoms with Crippen molar-refractivity contribution in [2.75, 3.05) is 0 Å². The van der Waals surface area contributed by atoms with Gasteiger partial charge in [-0.1, -0.05) is 215 Å².